The normalized spacial score (nSPS) is 44.4. The summed E-state index contributed by atoms with van der Waals surface area (Å²) in [5.41, 5.74) is 1.42. The molecule has 5 aliphatic rings. The molecule has 0 bridgehead atoms. The average molecular weight is 545 g/mol. The minimum atomic E-state index is -1.15. The van der Waals surface area contributed by atoms with Gasteiger partial charge in [0.25, 0.3) is 0 Å². The number of ether oxygens (including phenoxy) is 2. The third-order valence-electron chi connectivity index (χ3n) is 12.4. The molecule has 0 aromatic rings. The standard InChI is InChI=1S/C33H52O6/c1-8-30(4,5)29(36)39-26-16-24-22(23-10-9-13-31(23,26)6)12-11-20-17-33(37,25(19(2)3)18-32(20,24)7)27-14-21(34)15-28(35)38-27/h19-21,24-27,34,37H,8-18H2,1-7H3/t20-,21+,24+,25-,26+,27+,31-,32+,33+/m1/s1. The minimum Gasteiger partial charge on any atom is -0.461 e. The second-order valence-corrected chi connectivity index (χ2v) is 15.3. The fourth-order valence-corrected chi connectivity index (χ4v) is 9.43. The topological polar surface area (TPSA) is 93.1 Å². The van der Waals surface area contributed by atoms with Crippen LogP contribution in [0.3, 0.4) is 0 Å². The predicted octanol–water partition coefficient (Wildman–Crippen LogP) is 6.12. The Labute approximate surface area is 235 Å². The summed E-state index contributed by atoms with van der Waals surface area (Å²) in [6.45, 7) is 15.1. The van der Waals surface area contributed by atoms with Crippen molar-refractivity contribution in [3.05, 3.63) is 11.1 Å². The van der Waals surface area contributed by atoms with Crippen molar-refractivity contribution in [1.82, 2.24) is 0 Å². The summed E-state index contributed by atoms with van der Waals surface area (Å²) >= 11 is 0. The Morgan fingerprint density at radius 1 is 1.18 bits per heavy atom. The first-order valence-electron chi connectivity index (χ1n) is 15.7. The van der Waals surface area contributed by atoms with E-state index in [9.17, 15) is 19.8 Å². The fraction of sp³-hybridized carbons (Fsp3) is 0.879. The molecular weight excluding hydrogens is 492 g/mol. The van der Waals surface area contributed by atoms with Crippen LogP contribution in [0.2, 0.25) is 0 Å². The van der Waals surface area contributed by atoms with Crippen LogP contribution in [0.15, 0.2) is 11.1 Å². The number of aliphatic hydroxyl groups excluding tert-OH is 1. The first kappa shape index (κ1) is 29.1. The number of cyclic esters (lactones) is 1. The highest BCUT2D eigenvalue weighted by molar-refractivity contribution is 5.76. The van der Waals surface area contributed by atoms with E-state index in [1.165, 1.54) is 0 Å². The summed E-state index contributed by atoms with van der Waals surface area (Å²) in [6.07, 6.45) is 7.18. The molecule has 0 aromatic carbocycles. The van der Waals surface area contributed by atoms with Gasteiger partial charge in [-0.3, -0.25) is 9.59 Å². The SMILES string of the molecule is CCC(C)(C)C(=O)O[C@H]1C[C@H]2C(=C3CCC[C@]31C)CC[C@@H]1C[C@@](O)([C@@H]3C[C@H](O)CC(=O)O3)[C@@H](C(C)C)C[C@@]12C. The number of carbonyl (C=O) groups excluding carboxylic acids is 2. The summed E-state index contributed by atoms with van der Waals surface area (Å²) in [6, 6.07) is 0. The zero-order chi connectivity index (χ0) is 28.5. The maximum Gasteiger partial charge on any atom is 0.311 e. The molecule has 1 heterocycles. The Bertz CT molecular complexity index is 1030. The van der Waals surface area contributed by atoms with Crippen molar-refractivity contribution in [2.45, 2.75) is 143 Å². The van der Waals surface area contributed by atoms with Gasteiger partial charge in [-0.2, -0.15) is 0 Å². The number of hydrogen-bond acceptors (Lipinski definition) is 6. The first-order chi connectivity index (χ1) is 18.2. The van der Waals surface area contributed by atoms with Gasteiger partial charge in [-0.15, -0.1) is 0 Å². The lowest BCUT2D eigenvalue weighted by atomic mass is 9.44. The van der Waals surface area contributed by atoms with Crippen molar-refractivity contribution in [3.8, 4) is 0 Å². The molecule has 5 rings (SSSR count). The minimum absolute atomic E-state index is 0.00673. The van der Waals surface area contributed by atoms with E-state index in [4.69, 9.17) is 9.47 Å². The molecule has 1 saturated heterocycles. The van der Waals surface area contributed by atoms with E-state index < -0.39 is 29.2 Å². The Kier molecular flexibility index (Phi) is 7.36. The Balaban J connectivity index is 1.50. The van der Waals surface area contributed by atoms with Crippen LogP contribution in [-0.2, 0) is 19.1 Å². The summed E-state index contributed by atoms with van der Waals surface area (Å²) in [4.78, 5) is 25.6. The van der Waals surface area contributed by atoms with Gasteiger partial charge >= 0.3 is 11.9 Å². The third-order valence-corrected chi connectivity index (χ3v) is 12.4. The number of aliphatic hydroxyl groups is 2. The van der Waals surface area contributed by atoms with Crippen molar-refractivity contribution in [1.29, 1.82) is 0 Å². The molecule has 220 valence electrons. The van der Waals surface area contributed by atoms with Crippen molar-refractivity contribution in [3.63, 3.8) is 0 Å². The quantitative estimate of drug-likeness (QED) is 0.320. The van der Waals surface area contributed by atoms with Crippen LogP contribution in [0, 0.1) is 39.9 Å². The second-order valence-electron chi connectivity index (χ2n) is 15.3. The maximum absolute atomic E-state index is 13.3. The van der Waals surface area contributed by atoms with E-state index in [0.717, 1.165) is 51.4 Å². The van der Waals surface area contributed by atoms with E-state index in [-0.39, 0.29) is 47.1 Å². The largest absolute Gasteiger partial charge is 0.461 e. The van der Waals surface area contributed by atoms with Crippen LogP contribution in [0.1, 0.15) is 119 Å². The summed E-state index contributed by atoms with van der Waals surface area (Å²) in [5, 5.41) is 22.7. The highest BCUT2D eigenvalue weighted by Crippen LogP contribution is 2.67. The van der Waals surface area contributed by atoms with Gasteiger partial charge in [-0.25, -0.2) is 0 Å². The third kappa shape index (κ3) is 4.60. The average Bonchev–Trinajstić information content (AvgIpc) is 3.26. The number of fused-ring (bicyclic) bond motifs is 4. The molecule has 0 aromatic heterocycles. The van der Waals surface area contributed by atoms with Crippen LogP contribution in [-0.4, -0.2) is 46.1 Å². The van der Waals surface area contributed by atoms with E-state index >= 15 is 0 Å². The molecular formula is C33H52O6. The molecule has 6 heteroatoms. The van der Waals surface area contributed by atoms with Crippen LogP contribution in [0.5, 0.6) is 0 Å². The zero-order valence-electron chi connectivity index (χ0n) is 25.3. The highest BCUT2D eigenvalue weighted by Gasteiger charge is 2.63. The lowest BCUT2D eigenvalue weighted by Crippen LogP contribution is -2.63. The maximum atomic E-state index is 13.3. The van der Waals surface area contributed by atoms with E-state index in [2.05, 4.69) is 27.7 Å². The molecule has 9 atom stereocenters. The first-order valence-corrected chi connectivity index (χ1v) is 15.7. The smallest absolute Gasteiger partial charge is 0.311 e. The Morgan fingerprint density at radius 3 is 2.54 bits per heavy atom. The van der Waals surface area contributed by atoms with E-state index in [1.807, 2.05) is 20.8 Å². The summed E-state index contributed by atoms with van der Waals surface area (Å²) in [5.74, 6) is 0.250. The highest BCUT2D eigenvalue weighted by atomic mass is 16.6. The monoisotopic (exact) mass is 544 g/mol. The number of allylic oxidation sites excluding steroid dienone is 1. The molecule has 0 radical (unpaired) electrons. The lowest BCUT2D eigenvalue weighted by Gasteiger charge is -2.62. The molecule has 6 nitrogen and oxygen atoms in total. The van der Waals surface area contributed by atoms with Crippen LogP contribution in [0.25, 0.3) is 0 Å². The van der Waals surface area contributed by atoms with Gasteiger partial charge in [0.1, 0.15) is 17.8 Å². The Hall–Kier alpha value is -1.40. The van der Waals surface area contributed by atoms with Gasteiger partial charge < -0.3 is 19.7 Å². The molecule has 3 saturated carbocycles. The van der Waals surface area contributed by atoms with Gasteiger partial charge in [0.2, 0.25) is 0 Å². The molecule has 0 spiro atoms. The number of rotatable bonds is 5. The fourth-order valence-electron chi connectivity index (χ4n) is 9.43. The van der Waals surface area contributed by atoms with E-state index in [1.54, 1.807) is 11.1 Å². The van der Waals surface area contributed by atoms with Crippen LogP contribution in [0.4, 0.5) is 0 Å². The molecule has 0 unspecified atom stereocenters. The number of hydrogen-bond donors (Lipinski definition) is 2. The van der Waals surface area contributed by atoms with Crippen molar-refractivity contribution in [2.24, 2.45) is 39.9 Å². The van der Waals surface area contributed by atoms with Crippen molar-refractivity contribution < 1.29 is 29.3 Å². The predicted molar refractivity (Wildman–Crippen MR) is 150 cm³/mol. The van der Waals surface area contributed by atoms with Gasteiger partial charge in [-0.05, 0) is 101 Å². The van der Waals surface area contributed by atoms with Gasteiger partial charge in [-0.1, -0.05) is 45.8 Å². The van der Waals surface area contributed by atoms with Crippen LogP contribution < -0.4 is 0 Å². The molecule has 2 N–H and O–H groups in total. The molecule has 0 amide bonds. The second kappa shape index (κ2) is 9.86. The zero-order valence-corrected chi connectivity index (χ0v) is 25.3. The molecule has 39 heavy (non-hydrogen) atoms. The molecule has 4 aliphatic carbocycles. The van der Waals surface area contributed by atoms with Gasteiger partial charge in [0, 0.05) is 11.8 Å². The number of esters is 2. The van der Waals surface area contributed by atoms with Crippen molar-refractivity contribution in [2.75, 3.05) is 0 Å². The Morgan fingerprint density at radius 2 is 1.90 bits per heavy atom. The van der Waals surface area contributed by atoms with Crippen LogP contribution >= 0.6 is 0 Å². The van der Waals surface area contributed by atoms with E-state index in [0.29, 0.717) is 18.8 Å². The molecule has 1 aliphatic heterocycles. The van der Waals surface area contributed by atoms with Crippen molar-refractivity contribution >= 4 is 11.9 Å². The van der Waals surface area contributed by atoms with Gasteiger partial charge in [0.05, 0.1) is 17.9 Å². The molecule has 4 fully saturated rings. The number of carbonyl (C=O) groups is 2. The van der Waals surface area contributed by atoms with Gasteiger partial charge in [0.15, 0.2) is 0 Å². The summed E-state index contributed by atoms with van der Waals surface area (Å²) < 4.78 is 12.2. The summed E-state index contributed by atoms with van der Waals surface area (Å²) in [7, 11) is 0. The lowest BCUT2D eigenvalue weighted by molar-refractivity contribution is -0.225.